The molecule has 2 atom stereocenters. The maximum atomic E-state index is 14.3. The van der Waals surface area contributed by atoms with Gasteiger partial charge in [0.15, 0.2) is 23.0 Å². The molecule has 2 fully saturated rings. The number of fused-ring (bicyclic) bond motifs is 1. The van der Waals surface area contributed by atoms with Gasteiger partial charge in [-0.05, 0) is 100 Å². The van der Waals surface area contributed by atoms with Crippen LogP contribution in [-0.4, -0.2) is 105 Å². The van der Waals surface area contributed by atoms with Crippen molar-refractivity contribution >= 4 is 17.5 Å². The van der Waals surface area contributed by atoms with Crippen molar-refractivity contribution in [1.29, 1.82) is 0 Å². The Kier molecular flexibility index (Phi) is 11.8. The van der Waals surface area contributed by atoms with Crippen molar-refractivity contribution < 1.29 is 28.5 Å². The molecule has 10 nitrogen and oxygen atoms in total. The fourth-order valence-electron chi connectivity index (χ4n) is 7.59. The van der Waals surface area contributed by atoms with E-state index in [2.05, 4.69) is 32.9 Å². The second-order valence-corrected chi connectivity index (χ2v) is 13.0. The lowest BCUT2D eigenvalue weighted by atomic mass is 9.88. The summed E-state index contributed by atoms with van der Waals surface area (Å²) in [6.07, 6.45) is 2.19. The topological polar surface area (TPSA) is 84.0 Å². The number of anilines is 1. The highest BCUT2D eigenvalue weighted by atomic mass is 16.5. The van der Waals surface area contributed by atoms with Gasteiger partial charge in [-0.2, -0.15) is 0 Å². The van der Waals surface area contributed by atoms with Crippen molar-refractivity contribution in [1.82, 2.24) is 14.7 Å². The molecule has 3 aliphatic rings. The van der Waals surface area contributed by atoms with E-state index in [9.17, 15) is 9.59 Å². The Labute approximate surface area is 296 Å². The number of ether oxygens (including phenoxy) is 4. The van der Waals surface area contributed by atoms with Gasteiger partial charge < -0.3 is 28.7 Å². The standard InChI is InChI=1S/C40H52N4O6/c1-5-47-35-15-14-29(25-36(35)48-6-2)24-34-32-27-38(50-8-4)37(49-7-3)26-30(32)16-18-44(34)39(45)28-41-20-22-42(23-21-41)33-17-19-43(40(33)46)31-12-10-9-11-13-31/h9-15,25-27,33-34H,5-8,16-24,28H2,1-4H3. The number of benzene rings is 3. The fraction of sp³-hybridized carbons (Fsp3) is 0.500. The van der Waals surface area contributed by atoms with Gasteiger partial charge in [0.05, 0.1) is 45.1 Å². The highest BCUT2D eigenvalue weighted by Crippen LogP contribution is 2.41. The Balaban J connectivity index is 1.18. The first-order valence-corrected chi connectivity index (χ1v) is 18.4. The molecule has 0 spiro atoms. The molecule has 2 saturated heterocycles. The lowest BCUT2D eigenvalue weighted by molar-refractivity contribution is -0.136. The van der Waals surface area contributed by atoms with Crippen LogP contribution in [0.15, 0.2) is 60.7 Å². The second kappa shape index (κ2) is 16.6. The van der Waals surface area contributed by atoms with Crippen LogP contribution in [0.5, 0.6) is 23.0 Å². The van der Waals surface area contributed by atoms with Gasteiger partial charge in [0, 0.05) is 45.0 Å². The van der Waals surface area contributed by atoms with Crippen molar-refractivity contribution in [3.63, 3.8) is 0 Å². The molecule has 0 saturated carbocycles. The molecule has 0 aliphatic carbocycles. The van der Waals surface area contributed by atoms with Crippen LogP contribution in [0.25, 0.3) is 0 Å². The molecule has 3 aliphatic heterocycles. The lowest BCUT2D eigenvalue weighted by Gasteiger charge is -2.41. The van der Waals surface area contributed by atoms with Gasteiger partial charge in [-0.3, -0.25) is 19.4 Å². The molecular formula is C40H52N4O6. The minimum Gasteiger partial charge on any atom is -0.490 e. The third-order valence-electron chi connectivity index (χ3n) is 9.97. The zero-order valence-corrected chi connectivity index (χ0v) is 30.1. The summed E-state index contributed by atoms with van der Waals surface area (Å²) in [5.74, 6) is 3.18. The molecule has 10 heteroatoms. The van der Waals surface area contributed by atoms with Gasteiger partial charge >= 0.3 is 0 Å². The van der Waals surface area contributed by atoms with E-state index >= 15 is 0 Å². The van der Waals surface area contributed by atoms with E-state index in [1.807, 2.05) is 75.1 Å². The molecule has 3 heterocycles. The predicted molar refractivity (Wildman–Crippen MR) is 195 cm³/mol. The van der Waals surface area contributed by atoms with Crippen molar-refractivity contribution in [2.75, 3.05) is 77.1 Å². The summed E-state index contributed by atoms with van der Waals surface area (Å²) < 4.78 is 23.8. The van der Waals surface area contributed by atoms with Crippen LogP contribution in [0, 0.1) is 0 Å². The van der Waals surface area contributed by atoms with Crippen molar-refractivity contribution in [3.05, 3.63) is 77.4 Å². The molecule has 50 heavy (non-hydrogen) atoms. The molecular weight excluding hydrogens is 632 g/mol. The zero-order valence-electron chi connectivity index (χ0n) is 30.1. The number of carbonyl (C=O) groups is 2. The smallest absolute Gasteiger partial charge is 0.244 e. The van der Waals surface area contributed by atoms with E-state index in [-0.39, 0.29) is 23.9 Å². The first kappa shape index (κ1) is 35.5. The predicted octanol–water partition coefficient (Wildman–Crippen LogP) is 5.37. The largest absolute Gasteiger partial charge is 0.490 e. The minimum atomic E-state index is -0.185. The Hall–Kier alpha value is -4.28. The molecule has 6 rings (SSSR count). The summed E-state index contributed by atoms with van der Waals surface area (Å²) >= 11 is 0. The monoisotopic (exact) mass is 684 g/mol. The van der Waals surface area contributed by atoms with Gasteiger partial charge in [-0.1, -0.05) is 24.3 Å². The molecule has 2 unspecified atom stereocenters. The summed E-state index contributed by atoms with van der Waals surface area (Å²) in [6.45, 7) is 14.8. The summed E-state index contributed by atoms with van der Waals surface area (Å²) in [4.78, 5) is 36.1. The van der Waals surface area contributed by atoms with Gasteiger partial charge in [-0.25, -0.2) is 0 Å². The Morgan fingerprint density at radius 1 is 0.720 bits per heavy atom. The number of rotatable bonds is 14. The van der Waals surface area contributed by atoms with Gasteiger partial charge in [0.1, 0.15) is 0 Å². The summed E-state index contributed by atoms with van der Waals surface area (Å²) in [7, 11) is 0. The first-order chi connectivity index (χ1) is 24.4. The SMILES string of the molecule is CCOc1ccc(CC2c3cc(OCC)c(OCC)cc3CCN2C(=O)CN2CCN(C3CCN(c4ccccc4)C3=O)CC2)cc1OCC. The van der Waals surface area contributed by atoms with Crippen LogP contribution in [0.2, 0.25) is 0 Å². The fourth-order valence-corrected chi connectivity index (χ4v) is 7.59. The Morgan fingerprint density at radius 3 is 2.04 bits per heavy atom. The van der Waals surface area contributed by atoms with Crippen LogP contribution in [0.3, 0.4) is 0 Å². The van der Waals surface area contributed by atoms with E-state index in [0.717, 1.165) is 73.9 Å². The summed E-state index contributed by atoms with van der Waals surface area (Å²) in [5, 5.41) is 0. The third kappa shape index (κ3) is 7.87. The molecule has 268 valence electrons. The van der Waals surface area contributed by atoms with Crippen LogP contribution >= 0.6 is 0 Å². The number of amides is 2. The molecule has 3 aromatic carbocycles. The van der Waals surface area contributed by atoms with Gasteiger partial charge in [-0.15, -0.1) is 0 Å². The van der Waals surface area contributed by atoms with Gasteiger partial charge in [0.2, 0.25) is 11.8 Å². The van der Waals surface area contributed by atoms with Crippen LogP contribution in [0.1, 0.15) is 56.8 Å². The number of piperazine rings is 1. The first-order valence-electron chi connectivity index (χ1n) is 18.4. The quantitative estimate of drug-likeness (QED) is 0.224. The van der Waals surface area contributed by atoms with Gasteiger partial charge in [0.25, 0.3) is 0 Å². The third-order valence-corrected chi connectivity index (χ3v) is 9.97. The molecule has 3 aromatic rings. The second-order valence-electron chi connectivity index (χ2n) is 13.0. The minimum absolute atomic E-state index is 0.104. The average molecular weight is 685 g/mol. The normalized spacial score (nSPS) is 19.7. The summed E-state index contributed by atoms with van der Waals surface area (Å²) in [5.41, 5.74) is 4.31. The average Bonchev–Trinajstić information content (AvgIpc) is 3.52. The molecule has 0 N–H and O–H groups in total. The van der Waals surface area contributed by atoms with Crippen molar-refractivity contribution in [3.8, 4) is 23.0 Å². The van der Waals surface area contributed by atoms with E-state index in [1.165, 1.54) is 5.56 Å². The van der Waals surface area contributed by atoms with E-state index in [4.69, 9.17) is 18.9 Å². The lowest BCUT2D eigenvalue weighted by Crippen LogP contribution is -2.55. The number of hydrogen-bond donors (Lipinski definition) is 0. The number of hydrogen-bond acceptors (Lipinski definition) is 8. The van der Waals surface area contributed by atoms with Crippen molar-refractivity contribution in [2.24, 2.45) is 0 Å². The number of carbonyl (C=O) groups excluding carboxylic acids is 2. The van der Waals surface area contributed by atoms with Crippen LogP contribution in [-0.2, 0) is 22.4 Å². The summed E-state index contributed by atoms with van der Waals surface area (Å²) in [6, 6.07) is 19.9. The highest BCUT2D eigenvalue weighted by Gasteiger charge is 2.39. The zero-order chi connectivity index (χ0) is 35.0. The van der Waals surface area contributed by atoms with E-state index < -0.39 is 0 Å². The number of para-hydroxylation sites is 1. The molecule has 0 bridgehead atoms. The Morgan fingerprint density at radius 2 is 1.36 bits per heavy atom. The Bertz CT molecular complexity index is 1610. The van der Waals surface area contributed by atoms with Crippen LogP contribution < -0.4 is 23.8 Å². The van der Waals surface area contributed by atoms with E-state index in [0.29, 0.717) is 57.4 Å². The van der Waals surface area contributed by atoms with E-state index in [1.54, 1.807) is 0 Å². The maximum Gasteiger partial charge on any atom is 0.244 e. The number of nitrogens with zero attached hydrogens (tertiary/aromatic N) is 4. The van der Waals surface area contributed by atoms with Crippen molar-refractivity contribution in [2.45, 2.75) is 59.0 Å². The molecule has 0 aromatic heterocycles. The maximum absolute atomic E-state index is 14.3. The molecule has 2 amide bonds. The molecule has 0 radical (unpaired) electrons. The van der Waals surface area contributed by atoms with Crippen LogP contribution in [0.4, 0.5) is 5.69 Å². The highest BCUT2D eigenvalue weighted by molar-refractivity contribution is 5.99.